The van der Waals surface area contributed by atoms with Gasteiger partial charge in [-0.3, -0.25) is 4.79 Å². The van der Waals surface area contributed by atoms with Crippen molar-refractivity contribution in [2.75, 3.05) is 12.4 Å². The van der Waals surface area contributed by atoms with E-state index in [4.69, 9.17) is 9.72 Å². The van der Waals surface area contributed by atoms with Crippen LogP contribution in [0.2, 0.25) is 0 Å². The van der Waals surface area contributed by atoms with Crippen LogP contribution in [0.3, 0.4) is 0 Å². The lowest BCUT2D eigenvalue weighted by Gasteiger charge is -2.12. The number of rotatable bonds is 5. The number of aryl methyl sites for hydroxylation is 1. The topological polar surface area (TPSA) is 68.3 Å². The average Bonchev–Trinajstić information content (AvgIpc) is 3.31. The molecule has 3 aromatic carbocycles. The van der Waals surface area contributed by atoms with Gasteiger partial charge in [0.05, 0.1) is 23.9 Å². The predicted molar refractivity (Wildman–Crippen MR) is 149 cm³/mol. The van der Waals surface area contributed by atoms with Crippen LogP contribution in [0, 0.1) is 6.92 Å². The quantitative estimate of drug-likeness (QED) is 0.225. The van der Waals surface area contributed by atoms with E-state index >= 15 is 0 Å². The molecule has 0 saturated heterocycles. The molecule has 0 spiro atoms. The van der Waals surface area contributed by atoms with Crippen LogP contribution in [0.5, 0.6) is 0 Å². The molecular formula is C29H21BrN2O3S. The molecule has 1 N–H and O–H groups in total. The standard InChI is InChI=1S/C29H21BrN2O3S/c1-17-6-5-7-19(14-17)25-15-22(21-8-3-4-9-24(21)31-25)27(33)32-28-26(29(34)35-2)23(16-36-28)18-10-12-20(30)13-11-18/h3-16H,1-2H3,(H,32,33). The number of nitrogens with zero attached hydrogens (tertiary/aromatic N) is 1. The van der Waals surface area contributed by atoms with Gasteiger partial charge in [0, 0.05) is 26.4 Å². The second-order valence-corrected chi connectivity index (χ2v) is 10.0. The van der Waals surface area contributed by atoms with Crippen molar-refractivity contribution in [2.24, 2.45) is 0 Å². The lowest BCUT2D eigenvalue weighted by Crippen LogP contribution is -2.15. The van der Waals surface area contributed by atoms with Crippen molar-refractivity contribution in [3.05, 3.63) is 105 Å². The van der Waals surface area contributed by atoms with Gasteiger partial charge in [-0.05, 0) is 42.8 Å². The van der Waals surface area contributed by atoms with Crippen molar-refractivity contribution in [2.45, 2.75) is 6.92 Å². The van der Waals surface area contributed by atoms with Crippen molar-refractivity contribution < 1.29 is 14.3 Å². The number of hydrogen-bond acceptors (Lipinski definition) is 5. The number of esters is 1. The minimum atomic E-state index is -0.510. The number of pyridine rings is 1. The van der Waals surface area contributed by atoms with Crippen LogP contribution < -0.4 is 5.32 Å². The summed E-state index contributed by atoms with van der Waals surface area (Å²) in [6, 6.07) is 25.0. The Kier molecular flexibility index (Phi) is 6.67. The number of thiophene rings is 1. The first kappa shape index (κ1) is 23.9. The van der Waals surface area contributed by atoms with Gasteiger partial charge in [0.2, 0.25) is 0 Å². The highest BCUT2D eigenvalue weighted by molar-refractivity contribution is 9.10. The molecule has 0 aliphatic heterocycles. The molecule has 5 rings (SSSR count). The van der Waals surface area contributed by atoms with Crippen LogP contribution in [0.1, 0.15) is 26.3 Å². The Labute approximate surface area is 220 Å². The summed E-state index contributed by atoms with van der Waals surface area (Å²) >= 11 is 4.73. The summed E-state index contributed by atoms with van der Waals surface area (Å²) in [6.45, 7) is 2.02. The summed E-state index contributed by atoms with van der Waals surface area (Å²) in [5.41, 5.74) is 5.83. The number of amides is 1. The van der Waals surface area contributed by atoms with E-state index in [9.17, 15) is 9.59 Å². The molecule has 5 aromatic rings. The van der Waals surface area contributed by atoms with E-state index in [1.54, 1.807) is 6.07 Å². The smallest absolute Gasteiger partial charge is 0.341 e. The summed E-state index contributed by atoms with van der Waals surface area (Å²) in [5.74, 6) is -0.832. The Hall–Kier alpha value is -3.81. The normalized spacial score (nSPS) is 10.9. The molecule has 0 fully saturated rings. The molecule has 0 aliphatic carbocycles. The SMILES string of the molecule is COC(=O)c1c(-c2ccc(Br)cc2)csc1NC(=O)c1cc(-c2cccc(C)c2)nc2ccccc12. The lowest BCUT2D eigenvalue weighted by atomic mass is 10.0. The van der Waals surface area contributed by atoms with Gasteiger partial charge in [0.25, 0.3) is 5.91 Å². The van der Waals surface area contributed by atoms with Crippen LogP contribution in [0.25, 0.3) is 33.3 Å². The molecule has 1 amide bonds. The fourth-order valence-corrected chi connectivity index (χ4v) is 5.30. The van der Waals surface area contributed by atoms with Gasteiger partial charge in [-0.15, -0.1) is 11.3 Å². The second-order valence-electron chi connectivity index (χ2n) is 8.25. The van der Waals surface area contributed by atoms with Gasteiger partial charge in [0.15, 0.2) is 0 Å². The Bertz CT molecular complexity index is 1610. The molecule has 0 saturated carbocycles. The number of halogens is 1. The number of fused-ring (bicyclic) bond motifs is 1. The Morgan fingerprint density at radius 1 is 0.944 bits per heavy atom. The lowest BCUT2D eigenvalue weighted by molar-refractivity contribution is 0.0603. The molecule has 178 valence electrons. The molecule has 0 atom stereocenters. The maximum absolute atomic E-state index is 13.6. The number of methoxy groups -OCH3 is 1. The predicted octanol–water partition coefficient (Wildman–Crippen LogP) is 7.74. The van der Waals surface area contributed by atoms with E-state index in [0.717, 1.165) is 32.1 Å². The summed E-state index contributed by atoms with van der Waals surface area (Å²) in [7, 11) is 1.33. The maximum Gasteiger partial charge on any atom is 0.341 e. The van der Waals surface area contributed by atoms with Crippen molar-refractivity contribution in [3.8, 4) is 22.4 Å². The summed E-state index contributed by atoms with van der Waals surface area (Å²) in [4.78, 5) is 31.2. The fourth-order valence-electron chi connectivity index (χ4n) is 4.08. The monoisotopic (exact) mass is 556 g/mol. The number of carbonyl (C=O) groups is 2. The number of benzene rings is 3. The van der Waals surface area contributed by atoms with Crippen LogP contribution in [0.4, 0.5) is 5.00 Å². The summed E-state index contributed by atoms with van der Waals surface area (Å²) in [6.07, 6.45) is 0. The van der Waals surface area contributed by atoms with Crippen LogP contribution in [-0.2, 0) is 4.74 Å². The van der Waals surface area contributed by atoms with Gasteiger partial charge in [-0.1, -0.05) is 70.0 Å². The number of anilines is 1. The number of para-hydroxylation sites is 1. The molecular weight excluding hydrogens is 536 g/mol. The van der Waals surface area contributed by atoms with Crippen LogP contribution in [0.15, 0.2) is 88.7 Å². The zero-order valence-corrected chi connectivity index (χ0v) is 21.9. The third kappa shape index (κ3) is 4.67. The third-order valence-corrected chi connectivity index (χ3v) is 7.26. The van der Waals surface area contributed by atoms with Crippen molar-refractivity contribution in [3.63, 3.8) is 0 Å². The fraction of sp³-hybridized carbons (Fsp3) is 0.0690. The van der Waals surface area contributed by atoms with Gasteiger partial charge >= 0.3 is 5.97 Å². The number of hydrogen-bond donors (Lipinski definition) is 1. The molecule has 2 aromatic heterocycles. The van der Waals surface area contributed by atoms with Crippen molar-refractivity contribution in [1.29, 1.82) is 0 Å². The summed E-state index contributed by atoms with van der Waals surface area (Å²) in [5, 5.41) is 5.99. The Balaban J connectivity index is 1.58. The number of carbonyl (C=O) groups excluding carboxylic acids is 2. The molecule has 0 aliphatic rings. The van der Waals surface area contributed by atoms with Gasteiger partial charge < -0.3 is 10.1 Å². The minimum absolute atomic E-state index is 0.322. The highest BCUT2D eigenvalue weighted by atomic mass is 79.9. The average molecular weight is 557 g/mol. The van der Waals surface area contributed by atoms with E-state index in [2.05, 4.69) is 21.2 Å². The van der Waals surface area contributed by atoms with E-state index < -0.39 is 5.97 Å². The van der Waals surface area contributed by atoms with Gasteiger partial charge in [-0.25, -0.2) is 9.78 Å². The number of nitrogens with one attached hydrogen (secondary N) is 1. The van der Waals surface area contributed by atoms with Gasteiger partial charge in [-0.2, -0.15) is 0 Å². The second kappa shape index (κ2) is 10.0. The first-order valence-corrected chi connectivity index (χ1v) is 12.9. The molecule has 0 unspecified atom stereocenters. The molecule has 36 heavy (non-hydrogen) atoms. The number of aromatic nitrogens is 1. The van der Waals surface area contributed by atoms with E-state index in [1.807, 2.05) is 85.1 Å². The van der Waals surface area contributed by atoms with E-state index in [-0.39, 0.29) is 5.91 Å². The van der Waals surface area contributed by atoms with E-state index in [1.165, 1.54) is 18.4 Å². The zero-order valence-electron chi connectivity index (χ0n) is 19.5. The Morgan fingerprint density at radius 2 is 1.72 bits per heavy atom. The molecule has 2 heterocycles. The first-order valence-electron chi connectivity index (χ1n) is 11.2. The first-order chi connectivity index (χ1) is 17.4. The molecule has 5 nitrogen and oxygen atoms in total. The minimum Gasteiger partial charge on any atom is -0.465 e. The van der Waals surface area contributed by atoms with Crippen molar-refractivity contribution in [1.82, 2.24) is 4.98 Å². The zero-order chi connectivity index (χ0) is 25.2. The van der Waals surface area contributed by atoms with E-state index in [0.29, 0.717) is 27.4 Å². The number of ether oxygens (including phenoxy) is 1. The molecule has 0 bridgehead atoms. The molecule has 7 heteroatoms. The van der Waals surface area contributed by atoms with Crippen LogP contribution >= 0.6 is 27.3 Å². The molecule has 0 radical (unpaired) electrons. The maximum atomic E-state index is 13.6. The largest absolute Gasteiger partial charge is 0.465 e. The van der Waals surface area contributed by atoms with Gasteiger partial charge in [0.1, 0.15) is 10.6 Å². The van der Waals surface area contributed by atoms with Crippen LogP contribution in [-0.4, -0.2) is 24.0 Å². The highest BCUT2D eigenvalue weighted by Crippen LogP contribution is 2.37. The van der Waals surface area contributed by atoms with Crippen molar-refractivity contribution >= 4 is 55.0 Å². The highest BCUT2D eigenvalue weighted by Gasteiger charge is 2.24. The summed E-state index contributed by atoms with van der Waals surface area (Å²) < 4.78 is 6.00. The third-order valence-electron chi connectivity index (χ3n) is 5.84. The Morgan fingerprint density at radius 3 is 2.47 bits per heavy atom.